The van der Waals surface area contributed by atoms with Gasteiger partial charge in [0.05, 0.1) is 6.54 Å². The lowest BCUT2D eigenvalue weighted by molar-refractivity contribution is -0.154. The van der Waals surface area contributed by atoms with Crippen molar-refractivity contribution in [3.05, 3.63) is 23.9 Å². The molecule has 0 aromatic carbocycles. The van der Waals surface area contributed by atoms with Crippen molar-refractivity contribution in [1.82, 2.24) is 15.6 Å². The van der Waals surface area contributed by atoms with Crippen LogP contribution in [0, 0.1) is 5.92 Å². The van der Waals surface area contributed by atoms with Crippen LogP contribution in [-0.4, -0.2) is 36.1 Å². The van der Waals surface area contributed by atoms with Crippen molar-refractivity contribution < 1.29 is 27.5 Å². The number of pyridine rings is 1. The van der Waals surface area contributed by atoms with E-state index in [0.717, 1.165) is 6.42 Å². The van der Waals surface area contributed by atoms with E-state index in [-0.39, 0.29) is 24.9 Å². The van der Waals surface area contributed by atoms with E-state index in [1.807, 2.05) is 13.8 Å². The van der Waals surface area contributed by atoms with Crippen LogP contribution in [-0.2, 0) is 16.1 Å². The number of carbonyl (C=O) groups excluding carboxylic acids is 2. The zero-order valence-electron chi connectivity index (χ0n) is 14.2. The maximum Gasteiger partial charge on any atom is 0.422 e. The summed E-state index contributed by atoms with van der Waals surface area (Å²) in [6, 6.07) is 2.86. The Morgan fingerprint density at radius 3 is 2.60 bits per heavy atom. The van der Waals surface area contributed by atoms with Crippen molar-refractivity contribution >= 4 is 11.8 Å². The topological polar surface area (TPSA) is 80.3 Å². The molecule has 0 aliphatic heterocycles. The highest BCUT2D eigenvalue weighted by Crippen LogP contribution is 2.17. The molecule has 0 bridgehead atoms. The summed E-state index contributed by atoms with van der Waals surface area (Å²) in [6.07, 6.45) is -2.05. The SMILES string of the molecule is CC(C)CCC(=O)NCC(=O)NCc1ccnc(OCC(F)(F)F)c1. The van der Waals surface area contributed by atoms with E-state index in [9.17, 15) is 22.8 Å². The molecule has 1 aromatic heterocycles. The molecule has 0 saturated carbocycles. The van der Waals surface area contributed by atoms with E-state index in [2.05, 4.69) is 20.4 Å². The Morgan fingerprint density at radius 1 is 1.24 bits per heavy atom. The molecule has 1 heterocycles. The second-order valence-corrected chi connectivity index (χ2v) is 5.89. The number of halogens is 3. The van der Waals surface area contributed by atoms with Crippen LogP contribution in [0.2, 0.25) is 0 Å². The van der Waals surface area contributed by atoms with Crippen LogP contribution in [0.3, 0.4) is 0 Å². The van der Waals surface area contributed by atoms with E-state index in [4.69, 9.17) is 0 Å². The molecule has 25 heavy (non-hydrogen) atoms. The van der Waals surface area contributed by atoms with Crippen molar-refractivity contribution in [2.45, 2.75) is 39.4 Å². The molecular weight excluding hydrogens is 339 g/mol. The number of carbonyl (C=O) groups is 2. The first-order chi connectivity index (χ1) is 11.7. The van der Waals surface area contributed by atoms with Gasteiger partial charge < -0.3 is 15.4 Å². The van der Waals surface area contributed by atoms with E-state index in [1.165, 1.54) is 12.3 Å². The van der Waals surface area contributed by atoms with E-state index in [0.29, 0.717) is 17.9 Å². The van der Waals surface area contributed by atoms with Gasteiger partial charge in [-0.2, -0.15) is 13.2 Å². The molecule has 0 spiro atoms. The average Bonchev–Trinajstić information content (AvgIpc) is 2.54. The third-order valence-electron chi connectivity index (χ3n) is 3.07. The molecule has 0 fully saturated rings. The number of rotatable bonds is 9. The van der Waals surface area contributed by atoms with Gasteiger partial charge in [0.2, 0.25) is 17.7 Å². The highest BCUT2D eigenvalue weighted by atomic mass is 19.4. The van der Waals surface area contributed by atoms with Crippen molar-refractivity contribution in [3.8, 4) is 5.88 Å². The fraction of sp³-hybridized carbons (Fsp3) is 0.562. The molecular formula is C16H22F3N3O3. The van der Waals surface area contributed by atoms with Gasteiger partial charge in [0.15, 0.2) is 6.61 Å². The predicted octanol–water partition coefficient (Wildman–Crippen LogP) is 2.19. The lowest BCUT2D eigenvalue weighted by Gasteiger charge is -2.10. The fourth-order valence-electron chi connectivity index (χ4n) is 1.75. The number of hydrogen-bond donors (Lipinski definition) is 2. The predicted molar refractivity (Wildman–Crippen MR) is 84.7 cm³/mol. The van der Waals surface area contributed by atoms with E-state index in [1.54, 1.807) is 6.07 Å². The van der Waals surface area contributed by atoms with Gasteiger partial charge in [0, 0.05) is 25.2 Å². The zero-order chi connectivity index (χ0) is 18.9. The second-order valence-electron chi connectivity index (χ2n) is 5.89. The molecule has 0 saturated heterocycles. The first-order valence-electron chi connectivity index (χ1n) is 7.83. The van der Waals surface area contributed by atoms with Gasteiger partial charge in [0.25, 0.3) is 0 Å². The Kier molecular flexibility index (Phi) is 8.17. The molecule has 0 aliphatic rings. The van der Waals surface area contributed by atoms with Crippen molar-refractivity contribution in [1.29, 1.82) is 0 Å². The quantitative estimate of drug-likeness (QED) is 0.707. The monoisotopic (exact) mass is 361 g/mol. The minimum atomic E-state index is -4.44. The lowest BCUT2D eigenvalue weighted by Crippen LogP contribution is -2.36. The number of alkyl halides is 3. The Morgan fingerprint density at radius 2 is 1.96 bits per heavy atom. The Labute approximate surface area is 144 Å². The minimum absolute atomic E-state index is 0.0889. The van der Waals surface area contributed by atoms with Crippen LogP contribution < -0.4 is 15.4 Å². The molecule has 1 rings (SSSR count). The lowest BCUT2D eigenvalue weighted by atomic mass is 10.1. The van der Waals surface area contributed by atoms with Crippen molar-refractivity contribution in [3.63, 3.8) is 0 Å². The molecule has 2 amide bonds. The molecule has 6 nitrogen and oxygen atoms in total. The Bertz CT molecular complexity index is 577. The molecule has 0 atom stereocenters. The highest BCUT2D eigenvalue weighted by molar-refractivity contribution is 5.84. The standard InChI is InChI=1S/C16H22F3N3O3/c1-11(2)3-4-13(23)22-9-14(24)21-8-12-5-6-20-15(7-12)25-10-16(17,18)19/h5-7,11H,3-4,8-10H2,1-2H3,(H,21,24)(H,22,23). The van der Waals surface area contributed by atoms with Crippen LogP contribution in [0.5, 0.6) is 5.88 Å². The first kappa shape index (κ1) is 20.7. The van der Waals surface area contributed by atoms with Gasteiger partial charge in [-0.25, -0.2) is 4.98 Å². The summed E-state index contributed by atoms with van der Waals surface area (Å²) in [5.74, 6) is -0.367. The third-order valence-corrected chi connectivity index (χ3v) is 3.07. The molecule has 140 valence electrons. The molecule has 9 heteroatoms. The summed E-state index contributed by atoms with van der Waals surface area (Å²) in [5.41, 5.74) is 0.534. The van der Waals surface area contributed by atoms with Crippen molar-refractivity contribution in [2.24, 2.45) is 5.92 Å². The molecule has 0 unspecified atom stereocenters. The third kappa shape index (κ3) is 10.2. The number of ether oxygens (including phenoxy) is 1. The van der Waals surface area contributed by atoms with Gasteiger partial charge in [-0.1, -0.05) is 13.8 Å². The van der Waals surface area contributed by atoms with Crippen LogP contribution in [0.4, 0.5) is 13.2 Å². The van der Waals surface area contributed by atoms with Gasteiger partial charge in [-0.15, -0.1) is 0 Å². The average molecular weight is 361 g/mol. The van der Waals surface area contributed by atoms with Crippen molar-refractivity contribution in [2.75, 3.05) is 13.2 Å². The Hall–Kier alpha value is -2.32. The summed E-state index contributed by atoms with van der Waals surface area (Å²) in [5, 5.41) is 5.07. The van der Waals surface area contributed by atoms with E-state index < -0.39 is 18.7 Å². The summed E-state index contributed by atoms with van der Waals surface area (Å²) in [6.45, 7) is 2.51. The summed E-state index contributed by atoms with van der Waals surface area (Å²) in [4.78, 5) is 26.9. The summed E-state index contributed by atoms with van der Waals surface area (Å²) < 4.78 is 40.8. The number of nitrogens with zero attached hydrogens (tertiary/aromatic N) is 1. The number of hydrogen-bond acceptors (Lipinski definition) is 4. The van der Waals surface area contributed by atoms with Gasteiger partial charge in [-0.05, 0) is 24.0 Å². The maximum atomic E-state index is 12.1. The molecule has 2 N–H and O–H groups in total. The minimum Gasteiger partial charge on any atom is -0.468 e. The number of nitrogens with one attached hydrogen (secondary N) is 2. The number of aromatic nitrogens is 1. The normalized spacial score (nSPS) is 11.3. The van der Waals surface area contributed by atoms with Crippen LogP contribution in [0.15, 0.2) is 18.3 Å². The second kappa shape index (κ2) is 9.85. The van der Waals surface area contributed by atoms with Gasteiger partial charge in [-0.3, -0.25) is 9.59 Å². The molecule has 0 aliphatic carbocycles. The number of amides is 2. The molecule has 1 aromatic rings. The zero-order valence-corrected chi connectivity index (χ0v) is 14.2. The summed E-state index contributed by atoms with van der Waals surface area (Å²) in [7, 11) is 0. The smallest absolute Gasteiger partial charge is 0.422 e. The van der Waals surface area contributed by atoms with Gasteiger partial charge >= 0.3 is 6.18 Å². The Balaban J connectivity index is 2.34. The first-order valence-corrected chi connectivity index (χ1v) is 7.83. The highest BCUT2D eigenvalue weighted by Gasteiger charge is 2.28. The molecule has 0 radical (unpaired) electrons. The fourth-order valence-corrected chi connectivity index (χ4v) is 1.75. The maximum absolute atomic E-state index is 12.1. The van der Waals surface area contributed by atoms with Crippen LogP contribution in [0.25, 0.3) is 0 Å². The van der Waals surface area contributed by atoms with Gasteiger partial charge in [0.1, 0.15) is 0 Å². The largest absolute Gasteiger partial charge is 0.468 e. The van der Waals surface area contributed by atoms with Crippen LogP contribution >= 0.6 is 0 Å². The van der Waals surface area contributed by atoms with Crippen LogP contribution in [0.1, 0.15) is 32.3 Å². The van der Waals surface area contributed by atoms with E-state index >= 15 is 0 Å². The summed E-state index contributed by atoms with van der Waals surface area (Å²) >= 11 is 0.